The molecule has 2 aromatic rings. The van der Waals surface area contributed by atoms with E-state index in [0.29, 0.717) is 0 Å². The molecule has 1 N–H and O–H groups in total. The van der Waals surface area contributed by atoms with Gasteiger partial charge < -0.3 is 10.1 Å². The van der Waals surface area contributed by atoms with Crippen molar-refractivity contribution in [1.82, 2.24) is 0 Å². The Morgan fingerprint density at radius 1 is 1.05 bits per heavy atom. The summed E-state index contributed by atoms with van der Waals surface area (Å²) in [5, 5.41) is 3.44. The van der Waals surface area contributed by atoms with Crippen molar-refractivity contribution in [2.24, 2.45) is 0 Å². The molecule has 0 bridgehead atoms. The van der Waals surface area contributed by atoms with Crippen molar-refractivity contribution in [2.75, 3.05) is 12.4 Å². The summed E-state index contributed by atoms with van der Waals surface area (Å²) in [4.78, 5) is 0. The first kappa shape index (κ1) is 13.9. The maximum atomic E-state index is 5.38. The molecule has 0 aliphatic carbocycles. The Morgan fingerprint density at radius 3 is 2.37 bits per heavy atom. The van der Waals surface area contributed by atoms with Crippen molar-refractivity contribution in [3.8, 4) is 5.75 Å². The minimum Gasteiger partial charge on any atom is -0.496 e. The second-order valence-corrected chi connectivity index (χ2v) is 5.60. The average molecular weight is 320 g/mol. The third kappa shape index (κ3) is 3.74. The standard InChI is InChI=1S/C16H18BrNO/c1-11-6-12(2)8-15(7-11)18-10-13-9-14(17)4-5-16(13)19-3/h4-9,18H,10H2,1-3H3. The Bertz CT molecular complexity index is 561. The van der Waals surface area contributed by atoms with E-state index >= 15 is 0 Å². The number of hydrogen-bond acceptors (Lipinski definition) is 2. The lowest BCUT2D eigenvalue weighted by molar-refractivity contribution is 0.410. The molecule has 0 saturated carbocycles. The van der Waals surface area contributed by atoms with Gasteiger partial charge in [0.25, 0.3) is 0 Å². The minimum atomic E-state index is 0.742. The molecule has 0 aliphatic rings. The van der Waals surface area contributed by atoms with Gasteiger partial charge in [-0.1, -0.05) is 22.0 Å². The van der Waals surface area contributed by atoms with Crippen LogP contribution in [0.2, 0.25) is 0 Å². The Balaban J connectivity index is 2.16. The van der Waals surface area contributed by atoms with Gasteiger partial charge in [-0.2, -0.15) is 0 Å². The molecule has 0 unspecified atom stereocenters. The number of methoxy groups -OCH3 is 1. The van der Waals surface area contributed by atoms with Crippen molar-refractivity contribution in [3.05, 3.63) is 57.6 Å². The van der Waals surface area contributed by atoms with E-state index in [1.165, 1.54) is 11.1 Å². The molecule has 2 rings (SSSR count). The number of halogens is 1. The van der Waals surface area contributed by atoms with E-state index in [1.807, 2.05) is 12.1 Å². The van der Waals surface area contributed by atoms with Crippen LogP contribution >= 0.6 is 15.9 Å². The summed E-state index contributed by atoms with van der Waals surface area (Å²) < 4.78 is 6.44. The lowest BCUT2D eigenvalue weighted by Crippen LogP contribution is -2.02. The van der Waals surface area contributed by atoms with Gasteiger partial charge in [0.2, 0.25) is 0 Å². The molecular weight excluding hydrogens is 302 g/mol. The van der Waals surface area contributed by atoms with Crippen molar-refractivity contribution < 1.29 is 4.74 Å². The summed E-state index contributed by atoms with van der Waals surface area (Å²) in [6.07, 6.45) is 0. The third-order valence-corrected chi connectivity index (χ3v) is 3.44. The third-order valence-electron chi connectivity index (χ3n) is 2.95. The van der Waals surface area contributed by atoms with Gasteiger partial charge in [0.05, 0.1) is 7.11 Å². The highest BCUT2D eigenvalue weighted by molar-refractivity contribution is 9.10. The highest BCUT2D eigenvalue weighted by Crippen LogP contribution is 2.24. The van der Waals surface area contributed by atoms with Gasteiger partial charge >= 0.3 is 0 Å². The Labute approximate surface area is 122 Å². The van der Waals surface area contributed by atoms with E-state index in [-0.39, 0.29) is 0 Å². The predicted molar refractivity (Wildman–Crippen MR) is 83.9 cm³/mol. The van der Waals surface area contributed by atoms with Crippen LogP contribution in [-0.4, -0.2) is 7.11 Å². The molecule has 100 valence electrons. The van der Waals surface area contributed by atoms with E-state index in [2.05, 4.69) is 59.4 Å². The Kier molecular flexibility index (Phi) is 4.48. The molecule has 2 aromatic carbocycles. The lowest BCUT2D eigenvalue weighted by Gasteiger charge is -2.12. The summed E-state index contributed by atoms with van der Waals surface area (Å²) in [6, 6.07) is 12.5. The molecular formula is C16H18BrNO. The van der Waals surface area contributed by atoms with Crippen molar-refractivity contribution in [2.45, 2.75) is 20.4 Å². The number of nitrogens with one attached hydrogen (secondary N) is 1. The summed E-state index contributed by atoms with van der Waals surface area (Å²) in [6.45, 7) is 4.96. The average Bonchev–Trinajstić information content (AvgIpc) is 2.35. The highest BCUT2D eigenvalue weighted by atomic mass is 79.9. The number of rotatable bonds is 4. The normalized spacial score (nSPS) is 10.3. The van der Waals surface area contributed by atoms with Gasteiger partial charge in [-0.05, 0) is 55.3 Å². The second kappa shape index (κ2) is 6.11. The Morgan fingerprint density at radius 2 is 1.74 bits per heavy atom. The number of hydrogen-bond donors (Lipinski definition) is 1. The van der Waals surface area contributed by atoms with Crippen LogP contribution in [-0.2, 0) is 6.54 Å². The fraction of sp³-hybridized carbons (Fsp3) is 0.250. The summed E-state index contributed by atoms with van der Waals surface area (Å²) in [5.41, 5.74) is 4.81. The smallest absolute Gasteiger partial charge is 0.123 e. The molecule has 0 atom stereocenters. The van der Waals surface area contributed by atoms with Crippen LogP contribution in [0.5, 0.6) is 5.75 Å². The Hall–Kier alpha value is -1.48. The fourth-order valence-electron chi connectivity index (χ4n) is 2.16. The first-order valence-corrected chi connectivity index (χ1v) is 7.02. The van der Waals surface area contributed by atoms with Gasteiger partial charge in [0, 0.05) is 22.3 Å². The van der Waals surface area contributed by atoms with Crippen LogP contribution in [0, 0.1) is 13.8 Å². The van der Waals surface area contributed by atoms with Gasteiger partial charge in [0.1, 0.15) is 5.75 Å². The van der Waals surface area contributed by atoms with Gasteiger partial charge in [0.15, 0.2) is 0 Å². The quantitative estimate of drug-likeness (QED) is 0.883. The maximum absolute atomic E-state index is 5.38. The van der Waals surface area contributed by atoms with Gasteiger partial charge in [-0.3, -0.25) is 0 Å². The molecule has 0 radical (unpaired) electrons. The maximum Gasteiger partial charge on any atom is 0.123 e. The van der Waals surface area contributed by atoms with Crippen LogP contribution in [0.25, 0.3) is 0 Å². The molecule has 0 heterocycles. The van der Waals surface area contributed by atoms with Gasteiger partial charge in [-0.25, -0.2) is 0 Å². The molecule has 3 heteroatoms. The molecule has 0 saturated heterocycles. The molecule has 2 nitrogen and oxygen atoms in total. The summed E-state index contributed by atoms with van der Waals surface area (Å²) in [5.74, 6) is 0.903. The van der Waals surface area contributed by atoms with E-state index in [4.69, 9.17) is 4.74 Å². The molecule has 0 spiro atoms. The largest absolute Gasteiger partial charge is 0.496 e. The van der Waals surface area contributed by atoms with E-state index in [9.17, 15) is 0 Å². The van der Waals surface area contributed by atoms with Crippen LogP contribution in [0.4, 0.5) is 5.69 Å². The zero-order chi connectivity index (χ0) is 13.8. The second-order valence-electron chi connectivity index (χ2n) is 4.69. The van der Waals surface area contributed by atoms with Crippen LogP contribution < -0.4 is 10.1 Å². The number of aryl methyl sites for hydroxylation is 2. The van der Waals surface area contributed by atoms with Crippen LogP contribution in [0.3, 0.4) is 0 Å². The van der Waals surface area contributed by atoms with E-state index in [1.54, 1.807) is 7.11 Å². The van der Waals surface area contributed by atoms with Crippen molar-refractivity contribution in [3.63, 3.8) is 0 Å². The number of anilines is 1. The topological polar surface area (TPSA) is 21.3 Å². The van der Waals surface area contributed by atoms with E-state index < -0.39 is 0 Å². The van der Waals surface area contributed by atoms with E-state index in [0.717, 1.165) is 28.0 Å². The fourth-order valence-corrected chi connectivity index (χ4v) is 2.57. The first-order valence-electron chi connectivity index (χ1n) is 6.23. The molecule has 19 heavy (non-hydrogen) atoms. The van der Waals surface area contributed by atoms with Crippen LogP contribution in [0.1, 0.15) is 16.7 Å². The molecule has 0 aromatic heterocycles. The zero-order valence-electron chi connectivity index (χ0n) is 11.5. The number of ether oxygens (including phenoxy) is 1. The van der Waals surface area contributed by atoms with Crippen molar-refractivity contribution in [1.29, 1.82) is 0 Å². The van der Waals surface area contributed by atoms with Crippen LogP contribution in [0.15, 0.2) is 40.9 Å². The summed E-state index contributed by atoms with van der Waals surface area (Å²) >= 11 is 3.49. The highest BCUT2D eigenvalue weighted by Gasteiger charge is 2.04. The predicted octanol–water partition coefficient (Wildman–Crippen LogP) is 4.69. The van der Waals surface area contributed by atoms with Gasteiger partial charge in [-0.15, -0.1) is 0 Å². The lowest BCUT2D eigenvalue weighted by atomic mass is 10.1. The molecule has 0 fully saturated rings. The number of benzene rings is 2. The molecule has 0 amide bonds. The summed E-state index contributed by atoms with van der Waals surface area (Å²) in [7, 11) is 1.70. The monoisotopic (exact) mass is 319 g/mol. The first-order chi connectivity index (χ1) is 9.08. The molecule has 0 aliphatic heterocycles. The SMILES string of the molecule is COc1ccc(Br)cc1CNc1cc(C)cc(C)c1. The van der Waals surface area contributed by atoms with Crippen molar-refractivity contribution >= 4 is 21.6 Å². The minimum absolute atomic E-state index is 0.742. The zero-order valence-corrected chi connectivity index (χ0v) is 13.0.